The molecular formula is C21H22N4OS. The van der Waals surface area contributed by atoms with E-state index in [1.807, 2.05) is 54.7 Å². The molecule has 2 aromatic heterocycles. The monoisotopic (exact) mass is 378 g/mol. The maximum Gasteiger partial charge on any atom is 0.170 e. The molecule has 2 atom stereocenters. The van der Waals surface area contributed by atoms with Crippen LogP contribution in [0.2, 0.25) is 0 Å². The molecule has 5 nitrogen and oxygen atoms in total. The van der Waals surface area contributed by atoms with E-state index in [0.717, 1.165) is 41.8 Å². The lowest BCUT2D eigenvalue weighted by Gasteiger charge is -2.26. The molecular weight excluding hydrogens is 356 g/mol. The van der Waals surface area contributed by atoms with Gasteiger partial charge >= 0.3 is 0 Å². The molecule has 138 valence electrons. The Balaban J connectivity index is 1.46. The van der Waals surface area contributed by atoms with Crippen molar-refractivity contribution in [3.8, 4) is 0 Å². The van der Waals surface area contributed by atoms with Gasteiger partial charge in [0.05, 0.1) is 18.0 Å². The zero-order valence-corrected chi connectivity index (χ0v) is 15.7. The highest BCUT2D eigenvalue weighted by atomic mass is 32.1. The molecule has 3 heterocycles. The molecule has 0 unspecified atom stereocenters. The fourth-order valence-corrected chi connectivity index (χ4v) is 3.78. The van der Waals surface area contributed by atoms with E-state index >= 15 is 0 Å². The van der Waals surface area contributed by atoms with Gasteiger partial charge < -0.3 is 20.0 Å². The molecule has 3 aromatic rings. The lowest BCUT2D eigenvalue weighted by Crippen LogP contribution is -2.31. The molecule has 1 saturated heterocycles. The Bertz CT molecular complexity index is 854. The number of rotatable bonds is 7. The Morgan fingerprint density at radius 2 is 1.93 bits per heavy atom. The van der Waals surface area contributed by atoms with E-state index in [9.17, 15) is 0 Å². The van der Waals surface area contributed by atoms with E-state index < -0.39 is 0 Å². The number of nitrogens with zero attached hydrogens (tertiary/aromatic N) is 2. The summed E-state index contributed by atoms with van der Waals surface area (Å²) < 4.78 is 5.74. The number of anilines is 1. The number of hydrogen-bond acceptors (Lipinski definition) is 4. The average Bonchev–Trinajstić information content (AvgIpc) is 3.35. The second-order valence-corrected chi connectivity index (χ2v) is 6.87. The van der Waals surface area contributed by atoms with E-state index in [4.69, 9.17) is 16.6 Å². The molecule has 6 heteroatoms. The zero-order valence-electron chi connectivity index (χ0n) is 14.9. The van der Waals surface area contributed by atoms with Crippen LogP contribution in [-0.4, -0.2) is 28.1 Å². The van der Waals surface area contributed by atoms with Crippen molar-refractivity contribution < 1.29 is 4.42 Å². The standard InChI is InChI=1S/C21H22N4OS/c27-21-24-19(17-10-4-5-12-23-17)20(18-11-6-15-26-18)25(21)14-7-13-22-16-8-2-1-3-9-16/h1-6,8-12,15,19-20,22H,7,13-14H2,(H,24,27)/t19-,20-/m1/s1. The number of aromatic nitrogens is 1. The number of furan rings is 1. The maximum atomic E-state index is 5.74. The Morgan fingerprint density at radius 1 is 1.07 bits per heavy atom. The predicted octanol–water partition coefficient (Wildman–Crippen LogP) is 4.15. The molecule has 1 aliphatic rings. The number of benzene rings is 1. The summed E-state index contributed by atoms with van der Waals surface area (Å²) in [6.07, 6.45) is 4.48. The van der Waals surface area contributed by atoms with Gasteiger partial charge in [-0.15, -0.1) is 0 Å². The summed E-state index contributed by atoms with van der Waals surface area (Å²) in [5.41, 5.74) is 2.10. The Morgan fingerprint density at radius 3 is 2.67 bits per heavy atom. The Kier molecular flexibility index (Phi) is 5.34. The minimum atomic E-state index is -0.0214. The summed E-state index contributed by atoms with van der Waals surface area (Å²) in [4.78, 5) is 6.73. The molecule has 0 bridgehead atoms. The Hall–Kier alpha value is -2.86. The third kappa shape index (κ3) is 3.95. The molecule has 2 N–H and O–H groups in total. The fourth-order valence-electron chi connectivity index (χ4n) is 3.45. The van der Waals surface area contributed by atoms with Crippen molar-refractivity contribution in [1.82, 2.24) is 15.2 Å². The van der Waals surface area contributed by atoms with Gasteiger partial charge in [0, 0.05) is 25.0 Å². The van der Waals surface area contributed by atoms with Crippen molar-refractivity contribution in [2.45, 2.75) is 18.5 Å². The summed E-state index contributed by atoms with van der Waals surface area (Å²) in [6, 6.07) is 20.1. The molecule has 4 rings (SSSR count). The van der Waals surface area contributed by atoms with Crippen LogP contribution in [0.3, 0.4) is 0 Å². The molecule has 0 radical (unpaired) electrons. The maximum absolute atomic E-state index is 5.74. The third-order valence-corrected chi connectivity index (χ3v) is 5.06. The van der Waals surface area contributed by atoms with Gasteiger partial charge in [0.2, 0.25) is 0 Å². The van der Waals surface area contributed by atoms with Crippen LogP contribution in [0.1, 0.15) is 30.0 Å². The van der Waals surface area contributed by atoms with Crippen molar-refractivity contribution in [2.24, 2.45) is 0 Å². The summed E-state index contributed by atoms with van der Waals surface area (Å²) in [7, 11) is 0. The highest BCUT2D eigenvalue weighted by Crippen LogP contribution is 2.38. The largest absolute Gasteiger partial charge is 0.467 e. The summed E-state index contributed by atoms with van der Waals surface area (Å²) in [5.74, 6) is 0.897. The minimum Gasteiger partial charge on any atom is -0.467 e. The van der Waals surface area contributed by atoms with Crippen LogP contribution in [-0.2, 0) is 0 Å². The quantitative estimate of drug-likeness (QED) is 0.476. The van der Waals surface area contributed by atoms with Crippen LogP contribution in [0, 0.1) is 0 Å². The first-order valence-corrected chi connectivity index (χ1v) is 9.54. The van der Waals surface area contributed by atoms with E-state index in [2.05, 4.69) is 32.7 Å². The lowest BCUT2D eigenvalue weighted by molar-refractivity contribution is 0.272. The number of thiocarbonyl (C=S) groups is 1. The third-order valence-electron chi connectivity index (χ3n) is 4.71. The van der Waals surface area contributed by atoms with Crippen LogP contribution < -0.4 is 10.6 Å². The van der Waals surface area contributed by atoms with Crippen molar-refractivity contribution in [3.63, 3.8) is 0 Å². The number of para-hydroxylation sites is 1. The second-order valence-electron chi connectivity index (χ2n) is 6.48. The SMILES string of the molecule is S=C1N[C@H](c2ccccn2)[C@@H](c2ccco2)N1CCCNc1ccccc1. The number of hydrogen-bond donors (Lipinski definition) is 2. The van der Waals surface area contributed by atoms with Gasteiger partial charge in [-0.3, -0.25) is 4.98 Å². The molecule has 27 heavy (non-hydrogen) atoms. The van der Waals surface area contributed by atoms with Gasteiger partial charge in [-0.2, -0.15) is 0 Å². The van der Waals surface area contributed by atoms with E-state index in [0.29, 0.717) is 0 Å². The molecule has 1 aliphatic heterocycles. The predicted molar refractivity (Wildman–Crippen MR) is 110 cm³/mol. The van der Waals surface area contributed by atoms with Gasteiger partial charge in [-0.25, -0.2) is 0 Å². The first-order chi connectivity index (χ1) is 13.3. The van der Waals surface area contributed by atoms with Crippen molar-refractivity contribution in [2.75, 3.05) is 18.4 Å². The first-order valence-electron chi connectivity index (χ1n) is 9.13. The zero-order chi connectivity index (χ0) is 18.5. The van der Waals surface area contributed by atoms with Crippen LogP contribution in [0.5, 0.6) is 0 Å². The topological polar surface area (TPSA) is 53.3 Å². The van der Waals surface area contributed by atoms with Crippen molar-refractivity contribution in [1.29, 1.82) is 0 Å². The molecule has 0 amide bonds. The van der Waals surface area contributed by atoms with Crippen LogP contribution >= 0.6 is 12.2 Å². The first kappa shape index (κ1) is 17.5. The average molecular weight is 379 g/mol. The highest BCUT2D eigenvalue weighted by molar-refractivity contribution is 7.80. The second kappa shape index (κ2) is 8.22. The molecule has 0 saturated carbocycles. The highest BCUT2D eigenvalue weighted by Gasteiger charge is 2.40. The number of nitrogens with one attached hydrogen (secondary N) is 2. The van der Waals surface area contributed by atoms with Crippen molar-refractivity contribution >= 4 is 23.0 Å². The Labute approximate surface area is 164 Å². The smallest absolute Gasteiger partial charge is 0.170 e. The van der Waals surface area contributed by atoms with Crippen LogP contribution in [0.15, 0.2) is 77.5 Å². The molecule has 0 aliphatic carbocycles. The lowest BCUT2D eigenvalue weighted by atomic mass is 10.0. The number of pyridine rings is 1. The molecule has 0 spiro atoms. The van der Waals surface area contributed by atoms with Gasteiger partial charge in [-0.05, 0) is 55.0 Å². The van der Waals surface area contributed by atoms with Crippen LogP contribution in [0.4, 0.5) is 5.69 Å². The summed E-state index contributed by atoms with van der Waals surface area (Å²) in [6.45, 7) is 1.71. The fraction of sp³-hybridized carbons (Fsp3) is 0.238. The molecule has 1 fully saturated rings. The van der Waals surface area contributed by atoms with Crippen LogP contribution in [0.25, 0.3) is 0 Å². The van der Waals surface area contributed by atoms with Gasteiger partial charge in [0.15, 0.2) is 5.11 Å². The van der Waals surface area contributed by atoms with Gasteiger partial charge in [-0.1, -0.05) is 24.3 Å². The summed E-state index contributed by atoms with van der Waals surface area (Å²) >= 11 is 5.64. The normalized spacial score (nSPS) is 19.1. The van der Waals surface area contributed by atoms with E-state index in [-0.39, 0.29) is 12.1 Å². The molecule has 1 aromatic carbocycles. The minimum absolute atomic E-state index is 0.000810. The van der Waals surface area contributed by atoms with Crippen molar-refractivity contribution in [3.05, 3.63) is 84.6 Å². The van der Waals surface area contributed by atoms with E-state index in [1.54, 1.807) is 6.26 Å². The van der Waals surface area contributed by atoms with E-state index in [1.165, 1.54) is 0 Å². The van der Waals surface area contributed by atoms with Gasteiger partial charge in [0.1, 0.15) is 11.8 Å². The summed E-state index contributed by atoms with van der Waals surface area (Å²) in [5, 5.41) is 7.62. The van der Waals surface area contributed by atoms with Gasteiger partial charge in [0.25, 0.3) is 0 Å².